The van der Waals surface area contributed by atoms with E-state index in [1.165, 1.54) is 141 Å². The molecule has 0 radical (unpaired) electrons. The van der Waals surface area contributed by atoms with Gasteiger partial charge in [0.25, 0.3) is 0 Å². The van der Waals surface area contributed by atoms with Crippen molar-refractivity contribution in [1.29, 1.82) is 0 Å². The van der Waals surface area contributed by atoms with Gasteiger partial charge in [0.15, 0.2) is 12.2 Å². The Kier molecular flexibility index (Phi) is 58.5. The zero-order valence-corrected chi connectivity index (χ0v) is 59.8. The van der Waals surface area contributed by atoms with Crippen molar-refractivity contribution >= 4 is 39.5 Å². The average molecular weight is 1310 g/mol. The summed E-state index contributed by atoms with van der Waals surface area (Å²) in [6.45, 7) is 14.1. The number of carbonyl (C=O) groups is 4. The van der Waals surface area contributed by atoms with Gasteiger partial charge in [-0.2, -0.15) is 0 Å². The smallest absolute Gasteiger partial charge is 0.462 e. The third-order valence-corrected chi connectivity index (χ3v) is 18.7. The van der Waals surface area contributed by atoms with Gasteiger partial charge in [0.2, 0.25) is 0 Å². The number of unbranched alkanes of at least 4 members (excludes halogenated alkanes) is 31. The van der Waals surface area contributed by atoms with Crippen LogP contribution >= 0.6 is 15.6 Å². The molecule has 0 aromatic rings. The van der Waals surface area contributed by atoms with Crippen molar-refractivity contribution in [1.82, 2.24) is 0 Å². The van der Waals surface area contributed by atoms with Crippen LogP contribution < -0.4 is 0 Å². The highest BCUT2D eigenvalue weighted by molar-refractivity contribution is 7.47. The van der Waals surface area contributed by atoms with E-state index >= 15 is 0 Å². The number of esters is 4. The third kappa shape index (κ3) is 62.0. The Morgan fingerprint density at radius 3 is 0.798 bits per heavy atom. The summed E-state index contributed by atoms with van der Waals surface area (Å²) < 4.78 is 68.3. The summed E-state index contributed by atoms with van der Waals surface area (Å²) in [7, 11) is -9.90. The van der Waals surface area contributed by atoms with Crippen molar-refractivity contribution in [3.05, 3.63) is 0 Å². The second-order valence-electron chi connectivity index (χ2n) is 26.7. The molecule has 0 bridgehead atoms. The molecule has 0 aliphatic rings. The molecular weight excluding hydrogens is 1170 g/mol. The van der Waals surface area contributed by atoms with E-state index in [1.807, 2.05) is 0 Å². The topological polar surface area (TPSA) is 237 Å². The highest BCUT2D eigenvalue weighted by Crippen LogP contribution is 2.45. The van der Waals surface area contributed by atoms with E-state index in [0.29, 0.717) is 25.7 Å². The van der Waals surface area contributed by atoms with E-state index in [2.05, 4.69) is 55.4 Å². The molecule has 0 aromatic carbocycles. The number of ether oxygens (including phenoxy) is 4. The van der Waals surface area contributed by atoms with Gasteiger partial charge in [0.05, 0.1) is 26.4 Å². The zero-order valence-electron chi connectivity index (χ0n) is 58.1. The van der Waals surface area contributed by atoms with Gasteiger partial charge in [0.1, 0.15) is 19.3 Å². The second kappa shape index (κ2) is 59.8. The first kappa shape index (κ1) is 87.1. The fourth-order valence-electron chi connectivity index (χ4n) is 10.4. The van der Waals surface area contributed by atoms with E-state index in [1.54, 1.807) is 0 Å². The minimum atomic E-state index is -4.95. The van der Waals surface area contributed by atoms with Crippen molar-refractivity contribution in [3.8, 4) is 0 Å². The maximum absolute atomic E-state index is 13.0. The summed E-state index contributed by atoms with van der Waals surface area (Å²) in [4.78, 5) is 72.5. The number of aliphatic hydroxyl groups excluding tert-OH is 1. The molecule has 7 atom stereocenters. The van der Waals surface area contributed by atoms with Gasteiger partial charge in [-0.15, -0.1) is 0 Å². The molecule has 0 spiro atoms. The van der Waals surface area contributed by atoms with Crippen LogP contribution in [0.2, 0.25) is 0 Å². The molecule has 89 heavy (non-hydrogen) atoms. The lowest BCUT2D eigenvalue weighted by molar-refractivity contribution is -0.161. The summed E-state index contributed by atoms with van der Waals surface area (Å²) in [6.07, 6.45) is 41.7. The SMILES string of the molecule is CCC(C)CCCCCCCCCCC(=O)OC[C@H](COP(=O)(O)OC[C@@H](O)COP(=O)(O)OC[C@@H](COC(=O)CCCCCCCCC(C)CC)OC(=O)CCCCCCCCCCC(C)C)OC(=O)CCCCCCCCCCCCCCCC(C)C. The number of phosphoric acid groups is 2. The number of phosphoric ester groups is 2. The average Bonchev–Trinajstić information content (AvgIpc) is 3.67. The molecule has 0 saturated heterocycles. The van der Waals surface area contributed by atoms with Crippen LogP contribution in [0.3, 0.4) is 0 Å². The van der Waals surface area contributed by atoms with Gasteiger partial charge in [-0.05, 0) is 49.4 Å². The third-order valence-electron chi connectivity index (χ3n) is 16.8. The van der Waals surface area contributed by atoms with Gasteiger partial charge in [0, 0.05) is 25.7 Å². The van der Waals surface area contributed by atoms with E-state index < -0.39 is 97.5 Å². The highest BCUT2D eigenvalue weighted by Gasteiger charge is 2.30. The standard InChI is InChI=1S/C70H136O17P2/c1-9-62(7)48-40-32-24-19-21-25-34-42-50-67(72)80-56-65(86-69(74)52-44-36-26-17-15-13-11-12-14-16-22-30-38-46-60(3)4)58-84-88(76,77)82-54-64(71)55-83-89(78,79)85-59-66(57-81-68(73)51-43-35-29-28-33-41-49-63(8)10-2)87-70(75)53-45-37-27-20-18-23-31-39-47-61(5)6/h60-66,71H,9-59H2,1-8H3,(H,76,77)(H,78,79)/t62?,63?,64-,65-,66-/m1/s1. The molecule has 3 N–H and O–H groups in total. The van der Waals surface area contributed by atoms with Crippen LogP contribution in [0.1, 0.15) is 344 Å². The van der Waals surface area contributed by atoms with Crippen LogP contribution in [0.15, 0.2) is 0 Å². The van der Waals surface area contributed by atoms with Gasteiger partial charge in [-0.1, -0.05) is 293 Å². The minimum absolute atomic E-state index is 0.103. The number of rotatable bonds is 67. The normalized spacial score (nSPS) is 14.9. The lowest BCUT2D eigenvalue weighted by Gasteiger charge is -2.21. The fraction of sp³-hybridized carbons (Fsp3) is 0.943. The molecule has 0 rings (SSSR count). The minimum Gasteiger partial charge on any atom is -0.462 e. The highest BCUT2D eigenvalue weighted by atomic mass is 31.2. The van der Waals surface area contributed by atoms with Crippen LogP contribution in [-0.4, -0.2) is 96.7 Å². The van der Waals surface area contributed by atoms with Crippen molar-refractivity contribution in [2.45, 2.75) is 363 Å². The predicted molar refractivity (Wildman–Crippen MR) is 358 cm³/mol. The van der Waals surface area contributed by atoms with Crippen LogP contribution in [-0.2, 0) is 65.4 Å². The summed E-state index contributed by atoms with van der Waals surface area (Å²) >= 11 is 0. The molecule has 4 unspecified atom stereocenters. The molecule has 0 heterocycles. The first-order valence-corrected chi connectivity index (χ1v) is 39.3. The van der Waals surface area contributed by atoms with E-state index in [4.69, 9.17) is 37.0 Å². The molecule has 19 heteroatoms. The Labute approximate surface area is 543 Å². The molecule has 0 aromatic heterocycles. The van der Waals surface area contributed by atoms with Crippen molar-refractivity contribution < 1.29 is 80.2 Å². The lowest BCUT2D eigenvalue weighted by Crippen LogP contribution is -2.30. The number of hydrogen-bond acceptors (Lipinski definition) is 15. The lowest BCUT2D eigenvalue weighted by atomic mass is 9.99. The molecule has 0 saturated carbocycles. The zero-order chi connectivity index (χ0) is 66.1. The van der Waals surface area contributed by atoms with Gasteiger partial charge < -0.3 is 33.8 Å². The van der Waals surface area contributed by atoms with Crippen molar-refractivity contribution in [2.75, 3.05) is 39.6 Å². The number of aliphatic hydroxyl groups is 1. The fourth-order valence-corrected chi connectivity index (χ4v) is 12.0. The molecule has 0 aliphatic heterocycles. The molecule has 0 amide bonds. The summed E-state index contributed by atoms with van der Waals surface area (Å²) in [6, 6.07) is 0. The first-order valence-electron chi connectivity index (χ1n) is 36.3. The predicted octanol–water partition coefficient (Wildman–Crippen LogP) is 19.7. The molecule has 0 aliphatic carbocycles. The Hall–Kier alpha value is -1.94. The first-order chi connectivity index (χ1) is 42.7. The molecule has 0 fully saturated rings. The molecule has 528 valence electrons. The van der Waals surface area contributed by atoms with Crippen LogP contribution in [0, 0.1) is 23.7 Å². The quantitative estimate of drug-likeness (QED) is 0.0222. The second-order valence-corrected chi connectivity index (χ2v) is 29.6. The Bertz CT molecular complexity index is 1770. The monoisotopic (exact) mass is 1310 g/mol. The summed E-state index contributed by atoms with van der Waals surface area (Å²) in [5, 5.41) is 10.6. The Morgan fingerprint density at radius 1 is 0.315 bits per heavy atom. The van der Waals surface area contributed by atoms with E-state index in [0.717, 1.165) is 120 Å². The number of hydrogen-bond donors (Lipinski definition) is 3. The van der Waals surface area contributed by atoms with Crippen molar-refractivity contribution in [3.63, 3.8) is 0 Å². The van der Waals surface area contributed by atoms with E-state index in [-0.39, 0.29) is 25.7 Å². The summed E-state index contributed by atoms with van der Waals surface area (Å²) in [5.74, 6) is 0.882. The Balaban J connectivity index is 5.26. The van der Waals surface area contributed by atoms with Crippen LogP contribution in [0.4, 0.5) is 0 Å². The van der Waals surface area contributed by atoms with Crippen LogP contribution in [0.5, 0.6) is 0 Å². The number of carbonyl (C=O) groups excluding carboxylic acids is 4. The summed E-state index contributed by atoms with van der Waals surface area (Å²) in [5.41, 5.74) is 0. The van der Waals surface area contributed by atoms with Crippen LogP contribution in [0.25, 0.3) is 0 Å². The molecular formula is C70H136O17P2. The largest absolute Gasteiger partial charge is 0.472 e. The van der Waals surface area contributed by atoms with Gasteiger partial charge >= 0.3 is 39.5 Å². The maximum Gasteiger partial charge on any atom is 0.472 e. The maximum atomic E-state index is 13.0. The molecule has 17 nitrogen and oxygen atoms in total. The Morgan fingerprint density at radius 2 is 0.539 bits per heavy atom. The van der Waals surface area contributed by atoms with Crippen molar-refractivity contribution in [2.24, 2.45) is 23.7 Å². The van der Waals surface area contributed by atoms with E-state index in [9.17, 15) is 43.2 Å². The van der Waals surface area contributed by atoms with Gasteiger partial charge in [-0.25, -0.2) is 9.13 Å². The van der Waals surface area contributed by atoms with Gasteiger partial charge in [-0.3, -0.25) is 37.3 Å².